The predicted octanol–water partition coefficient (Wildman–Crippen LogP) is 4.33. The Labute approximate surface area is 223 Å². The van der Waals surface area contributed by atoms with Gasteiger partial charge in [-0.25, -0.2) is 12.8 Å². The summed E-state index contributed by atoms with van der Waals surface area (Å²) in [6.07, 6.45) is 1.01. The van der Waals surface area contributed by atoms with E-state index in [2.05, 4.69) is 5.32 Å². The zero-order valence-electron chi connectivity index (χ0n) is 21.8. The predicted molar refractivity (Wildman–Crippen MR) is 145 cm³/mol. The van der Waals surface area contributed by atoms with Crippen molar-refractivity contribution in [3.63, 3.8) is 0 Å². The molecule has 38 heavy (non-hydrogen) atoms. The number of rotatable bonds is 11. The molecule has 202 valence electrons. The van der Waals surface area contributed by atoms with Gasteiger partial charge in [0.2, 0.25) is 21.8 Å². The van der Waals surface area contributed by atoms with E-state index < -0.39 is 34.3 Å². The van der Waals surface area contributed by atoms with E-state index in [9.17, 15) is 22.4 Å². The number of hydrogen-bond acceptors (Lipinski definition) is 5. The molecule has 0 fully saturated rings. The lowest BCUT2D eigenvalue weighted by Crippen LogP contribution is -2.52. The monoisotopic (exact) mass is 541 g/mol. The lowest BCUT2D eigenvalue weighted by Gasteiger charge is -2.32. The summed E-state index contributed by atoms with van der Waals surface area (Å²) in [4.78, 5) is 27.6. The number of nitrogens with one attached hydrogen (secondary N) is 1. The second kappa shape index (κ2) is 12.6. The van der Waals surface area contributed by atoms with Crippen LogP contribution in [0.5, 0.6) is 11.5 Å². The van der Waals surface area contributed by atoms with Crippen molar-refractivity contribution in [2.75, 3.05) is 17.1 Å². The Kier molecular flexibility index (Phi) is 9.46. The van der Waals surface area contributed by atoms with Gasteiger partial charge in [-0.3, -0.25) is 13.9 Å². The van der Waals surface area contributed by atoms with Gasteiger partial charge in [0.25, 0.3) is 0 Å². The number of benzene rings is 3. The average Bonchev–Trinajstić information content (AvgIpc) is 2.86. The fraction of sp³-hybridized carbons (Fsp3) is 0.286. The summed E-state index contributed by atoms with van der Waals surface area (Å²) in [5.74, 6) is -0.281. The molecule has 10 heteroatoms. The number of ether oxygens (including phenoxy) is 1. The van der Waals surface area contributed by atoms with Crippen molar-refractivity contribution in [3.8, 4) is 11.5 Å². The molecule has 0 heterocycles. The number of carbonyl (C=O) groups excluding carboxylic acids is 2. The number of amides is 2. The van der Waals surface area contributed by atoms with Gasteiger partial charge in [-0.15, -0.1) is 0 Å². The smallest absolute Gasteiger partial charge is 0.244 e. The van der Waals surface area contributed by atoms with Crippen LogP contribution in [0.3, 0.4) is 0 Å². The lowest BCUT2D eigenvalue weighted by molar-refractivity contribution is -0.139. The summed E-state index contributed by atoms with van der Waals surface area (Å²) < 4.78 is 45.6. The molecule has 0 saturated carbocycles. The number of carbonyl (C=O) groups is 2. The SMILES string of the molecule is CC(C)NC(=O)[C@@H](C)N(Cc1ccc(F)cc1)C(=O)CN(c1ccc(Oc2ccccc2)cc1)S(C)(=O)=O. The fourth-order valence-electron chi connectivity index (χ4n) is 3.69. The quantitative estimate of drug-likeness (QED) is 0.390. The highest BCUT2D eigenvalue weighted by molar-refractivity contribution is 7.92. The Morgan fingerprint density at radius 2 is 1.47 bits per heavy atom. The number of sulfonamides is 1. The van der Waals surface area contributed by atoms with Gasteiger partial charge in [0.1, 0.15) is 29.9 Å². The van der Waals surface area contributed by atoms with E-state index in [0.717, 1.165) is 10.6 Å². The zero-order valence-corrected chi connectivity index (χ0v) is 22.6. The Morgan fingerprint density at radius 1 is 0.895 bits per heavy atom. The highest BCUT2D eigenvalue weighted by Gasteiger charge is 2.30. The van der Waals surface area contributed by atoms with Crippen molar-refractivity contribution in [1.82, 2.24) is 10.2 Å². The Hall–Kier alpha value is -3.92. The number of hydrogen-bond donors (Lipinski definition) is 1. The molecule has 1 N–H and O–H groups in total. The third-order valence-electron chi connectivity index (χ3n) is 5.65. The maximum atomic E-state index is 13.5. The molecule has 3 aromatic rings. The molecule has 0 aliphatic carbocycles. The maximum absolute atomic E-state index is 13.5. The highest BCUT2D eigenvalue weighted by Crippen LogP contribution is 2.26. The number of nitrogens with zero attached hydrogens (tertiary/aromatic N) is 2. The van der Waals surface area contributed by atoms with Crippen LogP contribution in [0.25, 0.3) is 0 Å². The molecule has 1 atom stereocenters. The van der Waals surface area contributed by atoms with Crippen LogP contribution in [-0.4, -0.2) is 50.0 Å². The van der Waals surface area contributed by atoms with Crippen LogP contribution in [0.2, 0.25) is 0 Å². The first-order valence-corrected chi connectivity index (χ1v) is 13.9. The normalized spacial score (nSPS) is 12.1. The van der Waals surface area contributed by atoms with E-state index in [1.165, 1.54) is 29.2 Å². The Balaban J connectivity index is 1.85. The number of para-hydroxylation sites is 1. The van der Waals surface area contributed by atoms with E-state index in [0.29, 0.717) is 17.1 Å². The topological polar surface area (TPSA) is 96.0 Å². The largest absolute Gasteiger partial charge is 0.457 e. The fourth-order valence-corrected chi connectivity index (χ4v) is 4.54. The Morgan fingerprint density at radius 3 is 2.03 bits per heavy atom. The first kappa shape index (κ1) is 28.6. The summed E-state index contributed by atoms with van der Waals surface area (Å²) in [5.41, 5.74) is 0.861. The van der Waals surface area contributed by atoms with Crippen molar-refractivity contribution in [3.05, 3.63) is 90.2 Å². The maximum Gasteiger partial charge on any atom is 0.244 e. The second-order valence-corrected chi connectivity index (χ2v) is 11.1. The molecule has 3 aromatic carbocycles. The van der Waals surface area contributed by atoms with Crippen LogP contribution >= 0.6 is 0 Å². The summed E-state index contributed by atoms with van der Waals surface area (Å²) in [6.45, 7) is 4.63. The van der Waals surface area contributed by atoms with Gasteiger partial charge >= 0.3 is 0 Å². The van der Waals surface area contributed by atoms with E-state index in [1.54, 1.807) is 57.2 Å². The molecular weight excluding hydrogens is 509 g/mol. The third kappa shape index (κ3) is 8.04. The first-order valence-electron chi connectivity index (χ1n) is 12.1. The summed E-state index contributed by atoms with van der Waals surface area (Å²) in [6, 6.07) is 19.9. The third-order valence-corrected chi connectivity index (χ3v) is 6.79. The van der Waals surface area contributed by atoms with Crippen LogP contribution in [0.4, 0.5) is 10.1 Å². The van der Waals surface area contributed by atoms with Crippen molar-refractivity contribution in [1.29, 1.82) is 0 Å². The molecule has 2 amide bonds. The summed E-state index contributed by atoms with van der Waals surface area (Å²) in [7, 11) is -3.87. The van der Waals surface area contributed by atoms with Crippen molar-refractivity contribution in [2.45, 2.75) is 39.4 Å². The Bertz CT molecular complexity index is 1330. The van der Waals surface area contributed by atoms with E-state index >= 15 is 0 Å². The van der Waals surface area contributed by atoms with E-state index in [-0.39, 0.29) is 24.2 Å². The van der Waals surface area contributed by atoms with Gasteiger partial charge in [-0.05, 0) is 74.9 Å². The number of anilines is 1. The minimum absolute atomic E-state index is 0.00670. The molecule has 0 aliphatic heterocycles. The average molecular weight is 542 g/mol. The van der Waals surface area contributed by atoms with Crippen LogP contribution in [0.1, 0.15) is 26.3 Å². The molecule has 3 rings (SSSR count). The zero-order chi connectivity index (χ0) is 27.9. The molecule has 0 bridgehead atoms. The van der Waals surface area contributed by atoms with E-state index in [1.807, 2.05) is 18.2 Å². The standard InChI is InChI=1S/C28H32FN3O5S/c1-20(2)30-28(34)21(3)31(18-22-10-12-23(29)13-11-22)27(33)19-32(38(4,35)36)24-14-16-26(17-15-24)37-25-8-6-5-7-9-25/h5-17,20-21H,18-19H2,1-4H3,(H,30,34)/t21-/m1/s1. The van der Waals surface area contributed by atoms with Gasteiger partial charge in [0.15, 0.2) is 0 Å². The molecular formula is C28H32FN3O5S. The van der Waals surface area contributed by atoms with Crippen LogP contribution < -0.4 is 14.4 Å². The lowest BCUT2D eigenvalue weighted by atomic mass is 10.1. The van der Waals surface area contributed by atoms with Crippen LogP contribution in [-0.2, 0) is 26.2 Å². The minimum Gasteiger partial charge on any atom is -0.457 e. The van der Waals surface area contributed by atoms with Crippen molar-refractivity contribution in [2.24, 2.45) is 0 Å². The molecule has 0 spiro atoms. The molecule has 8 nitrogen and oxygen atoms in total. The second-order valence-electron chi connectivity index (χ2n) is 9.17. The van der Waals surface area contributed by atoms with Gasteiger partial charge in [0.05, 0.1) is 11.9 Å². The van der Waals surface area contributed by atoms with Crippen molar-refractivity contribution < 1.29 is 27.1 Å². The van der Waals surface area contributed by atoms with Crippen LogP contribution in [0, 0.1) is 5.82 Å². The van der Waals surface area contributed by atoms with E-state index in [4.69, 9.17) is 4.74 Å². The van der Waals surface area contributed by atoms with Gasteiger partial charge in [-0.1, -0.05) is 30.3 Å². The minimum atomic E-state index is -3.87. The van der Waals surface area contributed by atoms with Crippen LogP contribution in [0.15, 0.2) is 78.9 Å². The summed E-state index contributed by atoms with van der Waals surface area (Å²) in [5, 5.41) is 2.78. The molecule has 0 aromatic heterocycles. The highest BCUT2D eigenvalue weighted by atomic mass is 32.2. The molecule has 0 radical (unpaired) electrons. The summed E-state index contributed by atoms with van der Waals surface area (Å²) >= 11 is 0. The van der Waals surface area contributed by atoms with Crippen molar-refractivity contribution >= 4 is 27.5 Å². The first-order chi connectivity index (χ1) is 17.9. The number of halogens is 1. The van der Waals surface area contributed by atoms with Gasteiger partial charge in [0, 0.05) is 12.6 Å². The molecule has 0 aliphatic rings. The van der Waals surface area contributed by atoms with Gasteiger partial charge in [-0.2, -0.15) is 0 Å². The molecule has 0 saturated heterocycles. The van der Waals surface area contributed by atoms with Gasteiger partial charge < -0.3 is 15.0 Å². The molecule has 0 unspecified atom stereocenters.